The molecule has 0 spiro atoms. The number of aromatic hydroxyl groups is 1. The van der Waals surface area contributed by atoms with Crippen molar-refractivity contribution in [3.05, 3.63) is 29.8 Å². The zero-order chi connectivity index (χ0) is 13.4. The predicted octanol–water partition coefficient (Wildman–Crippen LogP) is 2.65. The van der Waals surface area contributed by atoms with Crippen molar-refractivity contribution >= 4 is 28.6 Å². The fraction of sp³-hybridized carbons (Fsp3) is 0.500. The molecule has 3 atom stereocenters. The SMILES string of the molecule is CC1CSC(C2CSC(c3ccccc3O)=N2)N1C. The highest BCUT2D eigenvalue weighted by Crippen LogP contribution is 2.37. The number of likely N-dealkylation sites (N-methyl/N-ethyl adjacent to an activating group) is 1. The van der Waals surface area contributed by atoms with Gasteiger partial charge in [-0.25, -0.2) is 0 Å². The van der Waals surface area contributed by atoms with Gasteiger partial charge in [-0.15, -0.1) is 23.5 Å². The molecule has 5 heteroatoms. The summed E-state index contributed by atoms with van der Waals surface area (Å²) >= 11 is 3.76. The molecule has 1 N–H and O–H groups in total. The summed E-state index contributed by atoms with van der Waals surface area (Å²) < 4.78 is 0. The standard InChI is InChI=1S/C14H18N2OS2/c1-9-7-19-14(16(9)2)11-8-18-13(15-11)10-5-3-4-6-12(10)17/h3-6,9,11,14,17H,7-8H2,1-2H3. The van der Waals surface area contributed by atoms with Crippen LogP contribution in [0.25, 0.3) is 0 Å². The van der Waals surface area contributed by atoms with Crippen molar-refractivity contribution in [1.29, 1.82) is 0 Å². The molecule has 3 rings (SSSR count). The van der Waals surface area contributed by atoms with Gasteiger partial charge < -0.3 is 5.11 Å². The van der Waals surface area contributed by atoms with E-state index in [0.29, 0.717) is 23.2 Å². The molecule has 2 aliphatic heterocycles. The summed E-state index contributed by atoms with van der Waals surface area (Å²) in [6.07, 6.45) is 0. The minimum Gasteiger partial charge on any atom is -0.507 e. The number of phenolic OH excluding ortho intramolecular Hbond substituents is 1. The van der Waals surface area contributed by atoms with E-state index in [4.69, 9.17) is 4.99 Å². The third-order valence-corrected chi connectivity index (χ3v) is 6.51. The summed E-state index contributed by atoms with van der Waals surface area (Å²) in [4.78, 5) is 7.27. The summed E-state index contributed by atoms with van der Waals surface area (Å²) in [7, 11) is 2.19. The lowest BCUT2D eigenvalue weighted by Crippen LogP contribution is -2.37. The number of phenols is 1. The molecule has 3 nitrogen and oxygen atoms in total. The Kier molecular flexibility index (Phi) is 3.78. The van der Waals surface area contributed by atoms with E-state index in [2.05, 4.69) is 18.9 Å². The largest absolute Gasteiger partial charge is 0.507 e. The highest BCUT2D eigenvalue weighted by molar-refractivity contribution is 8.14. The molecule has 1 aromatic carbocycles. The number of rotatable bonds is 2. The van der Waals surface area contributed by atoms with Crippen LogP contribution in [0.15, 0.2) is 29.3 Å². The van der Waals surface area contributed by atoms with Crippen molar-refractivity contribution in [3.8, 4) is 5.75 Å². The molecule has 0 saturated carbocycles. The van der Waals surface area contributed by atoms with E-state index in [-0.39, 0.29) is 0 Å². The van der Waals surface area contributed by atoms with Gasteiger partial charge >= 0.3 is 0 Å². The molecular weight excluding hydrogens is 276 g/mol. The third kappa shape index (κ3) is 2.51. The molecule has 1 saturated heterocycles. The second kappa shape index (κ2) is 5.38. The van der Waals surface area contributed by atoms with Crippen LogP contribution in [0, 0.1) is 0 Å². The molecule has 102 valence electrons. The number of hydrogen-bond donors (Lipinski definition) is 1. The summed E-state index contributed by atoms with van der Waals surface area (Å²) in [5, 5.41) is 11.4. The molecule has 1 aromatic rings. The number of benzene rings is 1. The Bertz CT molecular complexity index is 506. The van der Waals surface area contributed by atoms with Crippen LogP contribution in [-0.4, -0.2) is 51.1 Å². The van der Waals surface area contributed by atoms with Gasteiger partial charge in [0.1, 0.15) is 10.8 Å². The number of aliphatic imine (C=N–C) groups is 1. The van der Waals surface area contributed by atoms with E-state index in [0.717, 1.165) is 16.4 Å². The fourth-order valence-corrected chi connectivity index (χ4v) is 5.22. The Hall–Kier alpha value is -0.650. The van der Waals surface area contributed by atoms with Crippen molar-refractivity contribution in [2.75, 3.05) is 18.6 Å². The molecule has 3 unspecified atom stereocenters. The Morgan fingerprint density at radius 2 is 2.11 bits per heavy atom. The number of thioether (sulfide) groups is 2. The Labute approximate surface area is 122 Å². The topological polar surface area (TPSA) is 35.8 Å². The molecule has 0 radical (unpaired) electrons. The number of para-hydroxylation sites is 1. The second-order valence-corrected chi connectivity index (χ2v) is 7.23. The maximum Gasteiger partial charge on any atom is 0.125 e. The lowest BCUT2D eigenvalue weighted by Gasteiger charge is -2.25. The fourth-order valence-electron chi connectivity index (χ4n) is 2.44. The van der Waals surface area contributed by atoms with E-state index in [9.17, 15) is 5.11 Å². The lowest BCUT2D eigenvalue weighted by atomic mass is 10.2. The predicted molar refractivity (Wildman–Crippen MR) is 84.4 cm³/mol. The van der Waals surface area contributed by atoms with Crippen LogP contribution in [0.2, 0.25) is 0 Å². The number of hydrogen-bond acceptors (Lipinski definition) is 5. The van der Waals surface area contributed by atoms with Crippen molar-refractivity contribution in [3.63, 3.8) is 0 Å². The van der Waals surface area contributed by atoms with Gasteiger partial charge in [-0.3, -0.25) is 9.89 Å². The first-order valence-corrected chi connectivity index (χ1v) is 8.53. The van der Waals surface area contributed by atoms with Gasteiger partial charge in [0.2, 0.25) is 0 Å². The quantitative estimate of drug-likeness (QED) is 0.909. The van der Waals surface area contributed by atoms with Crippen LogP contribution >= 0.6 is 23.5 Å². The Morgan fingerprint density at radius 1 is 1.32 bits per heavy atom. The summed E-state index contributed by atoms with van der Waals surface area (Å²) in [6, 6.07) is 8.42. The first-order chi connectivity index (χ1) is 9.16. The summed E-state index contributed by atoms with van der Waals surface area (Å²) in [5.41, 5.74) is 0.869. The Morgan fingerprint density at radius 3 is 2.79 bits per heavy atom. The van der Waals surface area contributed by atoms with Crippen molar-refractivity contribution < 1.29 is 5.11 Å². The van der Waals surface area contributed by atoms with Crippen LogP contribution < -0.4 is 0 Å². The lowest BCUT2D eigenvalue weighted by molar-refractivity contribution is 0.262. The average molecular weight is 294 g/mol. The van der Waals surface area contributed by atoms with Gasteiger partial charge in [-0.2, -0.15) is 0 Å². The third-order valence-electron chi connectivity index (χ3n) is 3.74. The van der Waals surface area contributed by atoms with Crippen LogP contribution in [0.1, 0.15) is 12.5 Å². The molecule has 19 heavy (non-hydrogen) atoms. The van der Waals surface area contributed by atoms with E-state index in [1.54, 1.807) is 17.8 Å². The van der Waals surface area contributed by atoms with Gasteiger partial charge in [0.25, 0.3) is 0 Å². The first-order valence-electron chi connectivity index (χ1n) is 6.49. The summed E-state index contributed by atoms with van der Waals surface area (Å²) in [6.45, 7) is 2.27. The van der Waals surface area contributed by atoms with E-state index in [1.165, 1.54) is 5.75 Å². The van der Waals surface area contributed by atoms with Gasteiger partial charge in [-0.1, -0.05) is 12.1 Å². The minimum atomic E-state index is 0.329. The van der Waals surface area contributed by atoms with E-state index in [1.807, 2.05) is 30.0 Å². The summed E-state index contributed by atoms with van der Waals surface area (Å²) in [5.74, 6) is 2.53. The van der Waals surface area contributed by atoms with Crippen molar-refractivity contribution in [1.82, 2.24) is 4.90 Å². The number of nitrogens with zero attached hydrogens (tertiary/aromatic N) is 2. The molecule has 0 aromatic heterocycles. The zero-order valence-corrected chi connectivity index (χ0v) is 12.7. The van der Waals surface area contributed by atoms with Crippen molar-refractivity contribution in [2.24, 2.45) is 4.99 Å². The van der Waals surface area contributed by atoms with E-state index >= 15 is 0 Å². The van der Waals surface area contributed by atoms with Gasteiger partial charge in [-0.05, 0) is 26.1 Å². The second-order valence-electron chi connectivity index (χ2n) is 5.07. The molecular formula is C14H18N2OS2. The molecule has 0 amide bonds. The van der Waals surface area contributed by atoms with E-state index < -0.39 is 0 Å². The normalized spacial score (nSPS) is 31.7. The average Bonchev–Trinajstić information content (AvgIpc) is 2.99. The molecule has 1 fully saturated rings. The minimum absolute atomic E-state index is 0.329. The van der Waals surface area contributed by atoms with Crippen LogP contribution in [0.3, 0.4) is 0 Å². The molecule has 2 heterocycles. The zero-order valence-electron chi connectivity index (χ0n) is 11.1. The molecule has 0 bridgehead atoms. The smallest absolute Gasteiger partial charge is 0.125 e. The highest BCUT2D eigenvalue weighted by Gasteiger charge is 2.37. The van der Waals surface area contributed by atoms with Crippen LogP contribution in [-0.2, 0) is 0 Å². The first kappa shape index (κ1) is 13.3. The van der Waals surface area contributed by atoms with Gasteiger partial charge in [0, 0.05) is 23.1 Å². The monoisotopic (exact) mass is 294 g/mol. The maximum atomic E-state index is 9.91. The van der Waals surface area contributed by atoms with Crippen LogP contribution in [0.5, 0.6) is 5.75 Å². The highest BCUT2D eigenvalue weighted by atomic mass is 32.2. The molecule has 0 aliphatic carbocycles. The maximum absolute atomic E-state index is 9.91. The Balaban J connectivity index is 1.80. The van der Waals surface area contributed by atoms with Gasteiger partial charge in [0.05, 0.1) is 11.4 Å². The van der Waals surface area contributed by atoms with Crippen molar-refractivity contribution in [2.45, 2.75) is 24.4 Å². The molecule has 2 aliphatic rings. The van der Waals surface area contributed by atoms with Crippen LogP contribution in [0.4, 0.5) is 0 Å². The van der Waals surface area contributed by atoms with Gasteiger partial charge in [0.15, 0.2) is 0 Å².